The van der Waals surface area contributed by atoms with Crippen molar-refractivity contribution in [2.24, 2.45) is 11.8 Å². The first-order chi connectivity index (χ1) is 10.1. The average Bonchev–Trinajstić information content (AvgIpc) is 2.89. The van der Waals surface area contributed by atoms with Crippen LogP contribution in [0.1, 0.15) is 30.7 Å². The highest BCUT2D eigenvalue weighted by Gasteiger charge is 2.64. The van der Waals surface area contributed by atoms with E-state index in [0.29, 0.717) is 0 Å². The Morgan fingerprint density at radius 2 is 2.19 bits per heavy atom. The quantitative estimate of drug-likeness (QED) is 0.800. The molecule has 2 fully saturated rings. The van der Waals surface area contributed by atoms with Gasteiger partial charge in [-0.2, -0.15) is 0 Å². The largest absolute Gasteiger partial charge is 0.481 e. The second kappa shape index (κ2) is 4.00. The number of hydrogen-bond donors (Lipinski definition) is 1. The van der Waals surface area contributed by atoms with E-state index in [1.807, 2.05) is 24.3 Å². The standard InChI is InChI=1S/C16H17NO4/c1-17-14(18)13(15(19)20)12-9-5-2-3-7-11(9)21-16(17)8-4-6-10(12)16/h2-3,5,7,10,12-13H,4,6,8H2,1H3,(H,19,20)/t10-,12-,13+,16+/m1/s1. The lowest BCUT2D eigenvalue weighted by molar-refractivity contribution is -0.189. The van der Waals surface area contributed by atoms with Gasteiger partial charge in [0.1, 0.15) is 11.7 Å². The van der Waals surface area contributed by atoms with E-state index in [0.717, 1.165) is 30.6 Å². The minimum absolute atomic E-state index is 0.0659. The van der Waals surface area contributed by atoms with E-state index < -0.39 is 17.6 Å². The summed E-state index contributed by atoms with van der Waals surface area (Å²) in [7, 11) is 1.68. The zero-order valence-corrected chi connectivity index (χ0v) is 11.8. The summed E-state index contributed by atoms with van der Waals surface area (Å²) in [5.74, 6) is -1.86. The van der Waals surface area contributed by atoms with E-state index in [9.17, 15) is 14.7 Å². The van der Waals surface area contributed by atoms with Gasteiger partial charge in [0.2, 0.25) is 5.91 Å². The lowest BCUT2D eigenvalue weighted by Gasteiger charge is -2.55. The van der Waals surface area contributed by atoms with Crippen molar-refractivity contribution in [1.29, 1.82) is 0 Å². The van der Waals surface area contributed by atoms with Crippen molar-refractivity contribution in [1.82, 2.24) is 4.90 Å². The summed E-state index contributed by atoms with van der Waals surface area (Å²) in [5.41, 5.74) is 0.219. The number of carboxylic acid groups (broad SMARTS) is 1. The van der Waals surface area contributed by atoms with E-state index in [2.05, 4.69) is 0 Å². The van der Waals surface area contributed by atoms with Crippen LogP contribution in [0.5, 0.6) is 5.75 Å². The molecule has 1 aliphatic carbocycles. The second-order valence-electron chi connectivity index (χ2n) is 6.22. The molecule has 1 N–H and O–H groups in total. The number of nitrogens with zero attached hydrogens (tertiary/aromatic N) is 1. The molecule has 2 bridgehead atoms. The van der Waals surface area contributed by atoms with Crippen molar-refractivity contribution in [3.05, 3.63) is 29.8 Å². The predicted molar refractivity (Wildman–Crippen MR) is 73.8 cm³/mol. The van der Waals surface area contributed by atoms with Gasteiger partial charge in [0.05, 0.1) is 0 Å². The fourth-order valence-electron chi connectivity index (χ4n) is 4.53. The van der Waals surface area contributed by atoms with Gasteiger partial charge >= 0.3 is 5.97 Å². The molecule has 0 radical (unpaired) electrons. The van der Waals surface area contributed by atoms with Gasteiger partial charge in [-0.3, -0.25) is 9.59 Å². The molecule has 4 atom stereocenters. The SMILES string of the molecule is CN1C(=O)[C@@H](C(=O)O)[C@@H]2c3ccccc3O[C@]13CCC[C@H]23. The average molecular weight is 287 g/mol. The number of likely N-dealkylation sites (tertiary alicyclic amines) is 1. The molecule has 1 saturated heterocycles. The monoisotopic (exact) mass is 287 g/mol. The van der Waals surface area contributed by atoms with Crippen LogP contribution >= 0.6 is 0 Å². The summed E-state index contributed by atoms with van der Waals surface area (Å²) in [6.07, 6.45) is 2.64. The lowest BCUT2D eigenvalue weighted by Crippen LogP contribution is -2.66. The molecule has 3 aliphatic rings. The Hall–Kier alpha value is -2.04. The van der Waals surface area contributed by atoms with Crippen LogP contribution in [0.2, 0.25) is 0 Å². The highest BCUT2D eigenvalue weighted by Crippen LogP contribution is 2.59. The van der Waals surface area contributed by atoms with E-state index in [1.54, 1.807) is 11.9 Å². The molecule has 110 valence electrons. The van der Waals surface area contributed by atoms with Gasteiger partial charge in [-0.15, -0.1) is 0 Å². The molecule has 1 aromatic carbocycles. The maximum atomic E-state index is 12.6. The first-order valence-electron chi connectivity index (χ1n) is 7.35. The number of carboxylic acids is 1. The van der Waals surface area contributed by atoms with Gasteiger partial charge in [0.15, 0.2) is 5.72 Å². The third-order valence-corrected chi connectivity index (χ3v) is 5.42. The summed E-state index contributed by atoms with van der Waals surface area (Å²) in [6.45, 7) is 0. The molecule has 1 aromatic rings. The second-order valence-corrected chi connectivity index (χ2v) is 6.22. The molecule has 5 nitrogen and oxygen atoms in total. The Kier molecular flexibility index (Phi) is 2.41. The van der Waals surface area contributed by atoms with Crippen LogP contribution in [0, 0.1) is 11.8 Å². The number of carbonyl (C=O) groups is 2. The minimum atomic E-state index is -1.03. The molecule has 2 aliphatic heterocycles. The van der Waals surface area contributed by atoms with Crippen LogP contribution in [-0.2, 0) is 9.59 Å². The molecule has 1 saturated carbocycles. The normalized spacial score (nSPS) is 36.7. The maximum absolute atomic E-state index is 12.6. The van der Waals surface area contributed by atoms with Gasteiger partial charge in [0.25, 0.3) is 0 Å². The molecule has 4 rings (SSSR count). The molecule has 2 heterocycles. The number of amides is 1. The van der Waals surface area contributed by atoms with Crippen LogP contribution < -0.4 is 4.74 Å². The third-order valence-electron chi connectivity index (χ3n) is 5.42. The van der Waals surface area contributed by atoms with Crippen LogP contribution in [0.15, 0.2) is 24.3 Å². The molecule has 0 aromatic heterocycles. The van der Waals surface area contributed by atoms with Gasteiger partial charge in [-0.25, -0.2) is 0 Å². The number of benzene rings is 1. The van der Waals surface area contributed by atoms with Crippen molar-refractivity contribution < 1.29 is 19.4 Å². The van der Waals surface area contributed by atoms with Gasteiger partial charge in [-0.1, -0.05) is 18.2 Å². The van der Waals surface area contributed by atoms with Crippen molar-refractivity contribution in [3.63, 3.8) is 0 Å². The van der Waals surface area contributed by atoms with Crippen molar-refractivity contribution in [3.8, 4) is 5.75 Å². The number of rotatable bonds is 1. The number of carbonyl (C=O) groups excluding carboxylic acids is 1. The number of hydrogen-bond acceptors (Lipinski definition) is 3. The van der Waals surface area contributed by atoms with Crippen molar-refractivity contribution >= 4 is 11.9 Å². The van der Waals surface area contributed by atoms with Crippen LogP contribution in [-0.4, -0.2) is 34.7 Å². The molecular weight excluding hydrogens is 270 g/mol. The number of piperidine rings is 1. The number of para-hydroxylation sites is 1. The summed E-state index contributed by atoms with van der Waals surface area (Å²) in [6, 6.07) is 7.54. The van der Waals surface area contributed by atoms with Gasteiger partial charge in [0, 0.05) is 25.3 Å². The molecule has 21 heavy (non-hydrogen) atoms. The first kappa shape index (κ1) is 12.7. The molecule has 1 amide bonds. The minimum Gasteiger partial charge on any atom is -0.481 e. The van der Waals surface area contributed by atoms with E-state index in [1.165, 1.54) is 0 Å². The highest BCUT2D eigenvalue weighted by molar-refractivity contribution is 5.99. The van der Waals surface area contributed by atoms with E-state index in [-0.39, 0.29) is 17.7 Å². The fraction of sp³-hybridized carbons (Fsp3) is 0.500. The Labute approximate surface area is 122 Å². The van der Waals surface area contributed by atoms with Crippen LogP contribution in [0.25, 0.3) is 0 Å². The summed E-state index contributed by atoms with van der Waals surface area (Å²) >= 11 is 0. The van der Waals surface area contributed by atoms with Crippen LogP contribution in [0.4, 0.5) is 0 Å². The Bertz CT molecular complexity index is 643. The van der Waals surface area contributed by atoms with Gasteiger partial charge < -0.3 is 14.7 Å². The highest BCUT2D eigenvalue weighted by atomic mass is 16.5. The zero-order valence-electron chi connectivity index (χ0n) is 11.8. The number of fused-ring (bicyclic) bond motifs is 2. The van der Waals surface area contributed by atoms with E-state index in [4.69, 9.17) is 4.74 Å². The fourth-order valence-corrected chi connectivity index (χ4v) is 4.53. The molecule has 0 unspecified atom stereocenters. The molecule has 0 spiro atoms. The topological polar surface area (TPSA) is 66.8 Å². The summed E-state index contributed by atoms with van der Waals surface area (Å²) < 4.78 is 6.24. The lowest BCUT2D eigenvalue weighted by atomic mass is 9.67. The summed E-state index contributed by atoms with van der Waals surface area (Å²) in [4.78, 5) is 25.9. The van der Waals surface area contributed by atoms with E-state index >= 15 is 0 Å². The maximum Gasteiger partial charge on any atom is 0.316 e. The molecule has 5 heteroatoms. The Morgan fingerprint density at radius 1 is 1.43 bits per heavy atom. The Balaban J connectivity index is 1.97. The Morgan fingerprint density at radius 3 is 2.95 bits per heavy atom. The van der Waals surface area contributed by atoms with Crippen molar-refractivity contribution in [2.75, 3.05) is 7.05 Å². The number of ether oxygens (including phenoxy) is 1. The van der Waals surface area contributed by atoms with Crippen molar-refractivity contribution in [2.45, 2.75) is 30.9 Å². The first-order valence-corrected chi connectivity index (χ1v) is 7.35. The van der Waals surface area contributed by atoms with Crippen LogP contribution in [0.3, 0.4) is 0 Å². The molecular formula is C16H17NO4. The zero-order chi connectivity index (χ0) is 14.8. The third kappa shape index (κ3) is 1.41. The predicted octanol–water partition coefficient (Wildman–Crippen LogP) is 1.83. The van der Waals surface area contributed by atoms with Gasteiger partial charge in [-0.05, 0) is 24.5 Å². The smallest absolute Gasteiger partial charge is 0.316 e. The number of aliphatic carboxylic acids is 1. The summed E-state index contributed by atoms with van der Waals surface area (Å²) in [5, 5.41) is 9.59.